The lowest BCUT2D eigenvalue weighted by Gasteiger charge is -2.25. The van der Waals surface area contributed by atoms with Gasteiger partial charge < -0.3 is 10.6 Å². The molecule has 1 aliphatic carbocycles. The third kappa shape index (κ3) is 1.74. The second kappa shape index (κ2) is 4.12. The van der Waals surface area contributed by atoms with E-state index in [-0.39, 0.29) is 5.78 Å². The summed E-state index contributed by atoms with van der Waals surface area (Å²) >= 11 is 0. The molecular weight excluding hydrogens is 164 g/mol. The largest absolute Gasteiger partial charge is 0.386 e. The predicted octanol–water partition coefficient (Wildman–Crippen LogP) is 0.946. The highest BCUT2D eigenvalue weighted by Crippen LogP contribution is 2.23. The fourth-order valence-electron chi connectivity index (χ4n) is 1.30. The Bertz CT molecular complexity index is 266. The molecule has 0 unspecified atom stereocenters. The number of nitrogens with one attached hydrogen (secondary N) is 2. The second-order valence-corrected chi connectivity index (χ2v) is 3.09. The van der Waals surface area contributed by atoms with Crippen LogP contribution in [0.4, 0.5) is 0 Å². The first-order valence-corrected chi connectivity index (χ1v) is 4.62. The molecule has 1 rings (SSSR count). The monoisotopic (exact) mass is 180 g/mol. The SMILES string of the molecule is C=C1C(=O)C(NCCCC)=C1NC. The van der Waals surface area contributed by atoms with Gasteiger partial charge in [0.1, 0.15) is 5.70 Å². The van der Waals surface area contributed by atoms with Gasteiger partial charge in [0.15, 0.2) is 0 Å². The van der Waals surface area contributed by atoms with Crippen molar-refractivity contribution in [2.24, 2.45) is 0 Å². The van der Waals surface area contributed by atoms with E-state index in [1.807, 2.05) is 0 Å². The van der Waals surface area contributed by atoms with Crippen LogP contribution in [-0.4, -0.2) is 19.4 Å². The van der Waals surface area contributed by atoms with E-state index < -0.39 is 0 Å². The van der Waals surface area contributed by atoms with Crippen molar-refractivity contribution in [3.05, 3.63) is 23.5 Å². The Morgan fingerprint density at radius 1 is 1.38 bits per heavy atom. The molecule has 13 heavy (non-hydrogen) atoms. The van der Waals surface area contributed by atoms with Gasteiger partial charge >= 0.3 is 0 Å². The van der Waals surface area contributed by atoms with Crippen LogP contribution in [0.2, 0.25) is 0 Å². The number of ketones is 1. The van der Waals surface area contributed by atoms with Crippen LogP contribution in [0.3, 0.4) is 0 Å². The van der Waals surface area contributed by atoms with Crippen LogP contribution < -0.4 is 10.6 Å². The molecule has 1 aliphatic rings. The Morgan fingerprint density at radius 2 is 2.08 bits per heavy atom. The third-order valence-corrected chi connectivity index (χ3v) is 2.14. The number of rotatable bonds is 5. The molecule has 0 aromatic rings. The molecule has 0 saturated carbocycles. The minimum Gasteiger partial charge on any atom is -0.386 e. The van der Waals surface area contributed by atoms with Gasteiger partial charge in [-0.1, -0.05) is 19.9 Å². The van der Waals surface area contributed by atoms with Crippen LogP contribution in [0.1, 0.15) is 19.8 Å². The number of carbonyl (C=O) groups excluding carboxylic acids is 1. The maximum absolute atomic E-state index is 11.3. The van der Waals surface area contributed by atoms with Gasteiger partial charge in [0.2, 0.25) is 5.78 Å². The topological polar surface area (TPSA) is 41.1 Å². The van der Waals surface area contributed by atoms with E-state index in [4.69, 9.17) is 0 Å². The standard InChI is InChI=1S/C10H16N2O/c1-4-5-6-12-9-8(11-3)7(2)10(9)13/h11-12H,2,4-6H2,1,3H3. The molecule has 3 heteroatoms. The summed E-state index contributed by atoms with van der Waals surface area (Å²) in [5, 5.41) is 6.06. The number of carbonyl (C=O) groups is 1. The number of hydrogen-bond acceptors (Lipinski definition) is 3. The first-order chi connectivity index (χ1) is 6.22. The van der Waals surface area contributed by atoms with Gasteiger partial charge in [-0.3, -0.25) is 4.79 Å². The Kier molecular flexibility index (Phi) is 3.12. The zero-order valence-corrected chi connectivity index (χ0v) is 8.24. The minimum absolute atomic E-state index is 0.0421. The molecule has 0 heterocycles. The highest BCUT2D eigenvalue weighted by molar-refractivity contribution is 6.18. The van der Waals surface area contributed by atoms with Gasteiger partial charge in [0.25, 0.3) is 0 Å². The normalized spacial score (nSPS) is 15.8. The summed E-state index contributed by atoms with van der Waals surface area (Å²) in [6.07, 6.45) is 2.21. The summed E-state index contributed by atoms with van der Waals surface area (Å²) in [5.74, 6) is 0.0421. The lowest BCUT2D eigenvalue weighted by atomic mass is 9.93. The van der Waals surface area contributed by atoms with Crippen LogP contribution in [0.25, 0.3) is 0 Å². The van der Waals surface area contributed by atoms with E-state index in [0.717, 1.165) is 25.1 Å². The molecule has 0 aromatic heterocycles. The van der Waals surface area contributed by atoms with Gasteiger partial charge in [-0.2, -0.15) is 0 Å². The number of likely N-dealkylation sites (N-methyl/N-ethyl adjacent to an activating group) is 1. The van der Waals surface area contributed by atoms with E-state index in [1.165, 1.54) is 0 Å². The first-order valence-electron chi connectivity index (χ1n) is 4.62. The molecule has 0 spiro atoms. The second-order valence-electron chi connectivity index (χ2n) is 3.09. The summed E-state index contributed by atoms with van der Waals surface area (Å²) < 4.78 is 0. The highest BCUT2D eigenvalue weighted by Gasteiger charge is 2.30. The average Bonchev–Trinajstić information content (AvgIpc) is 2.16. The zero-order chi connectivity index (χ0) is 9.84. The fourth-order valence-corrected chi connectivity index (χ4v) is 1.30. The predicted molar refractivity (Wildman–Crippen MR) is 53.1 cm³/mol. The molecule has 0 saturated heterocycles. The summed E-state index contributed by atoms with van der Waals surface area (Å²) in [6.45, 7) is 6.64. The smallest absolute Gasteiger partial charge is 0.212 e. The fraction of sp³-hybridized carbons (Fsp3) is 0.500. The van der Waals surface area contributed by atoms with Crippen LogP contribution in [0.15, 0.2) is 23.5 Å². The lowest BCUT2D eigenvalue weighted by molar-refractivity contribution is -0.113. The first kappa shape index (κ1) is 9.84. The van der Waals surface area contributed by atoms with Crippen LogP contribution in [0.5, 0.6) is 0 Å². The minimum atomic E-state index is 0.0421. The third-order valence-electron chi connectivity index (χ3n) is 2.14. The maximum Gasteiger partial charge on any atom is 0.212 e. The molecule has 0 amide bonds. The average molecular weight is 180 g/mol. The van der Waals surface area contributed by atoms with E-state index in [1.54, 1.807) is 7.05 Å². The van der Waals surface area contributed by atoms with Crippen molar-refractivity contribution in [1.29, 1.82) is 0 Å². The number of allylic oxidation sites excluding steroid dienone is 2. The van der Waals surface area contributed by atoms with E-state index in [0.29, 0.717) is 11.3 Å². The van der Waals surface area contributed by atoms with Gasteiger partial charge in [-0.05, 0) is 6.42 Å². The molecule has 72 valence electrons. The lowest BCUT2D eigenvalue weighted by Crippen LogP contribution is -2.37. The van der Waals surface area contributed by atoms with Crippen molar-refractivity contribution in [3.8, 4) is 0 Å². The molecule has 0 fully saturated rings. The van der Waals surface area contributed by atoms with E-state index >= 15 is 0 Å². The van der Waals surface area contributed by atoms with Crippen LogP contribution >= 0.6 is 0 Å². The van der Waals surface area contributed by atoms with Gasteiger partial charge in [0, 0.05) is 19.2 Å². The van der Waals surface area contributed by atoms with E-state index in [2.05, 4.69) is 24.1 Å². The van der Waals surface area contributed by atoms with Crippen LogP contribution in [0, 0.1) is 0 Å². The molecule has 3 nitrogen and oxygen atoms in total. The quantitative estimate of drug-likeness (QED) is 0.489. The van der Waals surface area contributed by atoms with Crippen molar-refractivity contribution >= 4 is 5.78 Å². The van der Waals surface area contributed by atoms with Gasteiger partial charge in [-0.25, -0.2) is 0 Å². The molecule has 0 atom stereocenters. The summed E-state index contributed by atoms with van der Waals surface area (Å²) in [6, 6.07) is 0. The maximum atomic E-state index is 11.3. The summed E-state index contributed by atoms with van der Waals surface area (Å²) in [7, 11) is 1.80. The molecule has 0 radical (unpaired) electrons. The molecular formula is C10H16N2O. The van der Waals surface area contributed by atoms with Crippen molar-refractivity contribution in [2.75, 3.05) is 13.6 Å². The van der Waals surface area contributed by atoms with Crippen molar-refractivity contribution in [2.45, 2.75) is 19.8 Å². The van der Waals surface area contributed by atoms with Gasteiger partial charge in [-0.15, -0.1) is 0 Å². The molecule has 2 N–H and O–H groups in total. The molecule has 0 aliphatic heterocycles. The highest BCUT2D eigenvalue weighted by atomic mass is 16.1. The number of Topliss-reactive ketones (excluding diaryl/α,β-unsaturated/α-hetero) is 1. The molecule has 0 bridgehead atoms. The number of hydrogen-bond donors (Lipinski definition) is 2. The zero-order valence-electron chi connectivity index (χ0n) is 8.24. The Balaban J connectivity index is 2.53. The van der Waals surface area contributed by atoms with E-state index in [9.17, 15) is 4.79 Å². The Morgan fingerprint density at radius 3 is 2.62 bits per heavy atom. The molecule has 0 aromatic carbocycles. The Labute approximate surface area is 78.9 Å². The van der Waals surface area contributed by atoms with Crippen molar-refractivity contribution in [1.82, 2.24) is 10.6 Å². The Hall–Kier alpha value is -1.25. The van der Waals surface area contributed by atoms with Crippen molar-refractivity contribution < 1.29 is 4.79 Å². The van der Waals surface area contributed by atoms with Crippen molar-refractivity contribution in [3.63, 3.8) is 0 Å². The van der Waals surface area contributed by atoms with Gasteiger partial charge in [0.05, 0.1) is 5.70 Å². The van der Waals surface area contributed by atoms with Crippen LogP contribution in [-0.2, 0) is 4.79 Å². The summed E-state index contributed by atoms with van der Waals surface area (Å²) in [4.78, 5) is 11.3. The summed E-state index contributed by atoms with van der Waals surface area (Å²) in [5.41, 5.74) is 2.14. The number of unbranched alkanes of at least 4 members (excludes halogenated alkanes) is 1.